The van der Waals surface area contributed by atoms with Crippen molar-refractivity contribution in [3.05, 3.63) is 103 Å². The van der Waals surface area contributed by atoms with E-state index in [0.717, 1.165) is 14.9 Å². The average molecular weight is 569 g/mol. The fourth-order valence-corrected chi connectivity index (χ4v) is 3.68. The van der Waals surface area contributed by atoms with E-state index >= 15 is 0 Å². The van der Waals surface area contributed by atoms with Crippen molar-refractivity contribution in [3.8, 4) is 17.6 Å². The highest BCUT2D eigenvalue weighted by molar-refractivity contribution is 14.1. The Morgan fingerprint density at radius 2 is 1.91 bits per heavy atom. The molecule has 0 bridgehead atoms. The van der Waals surface area contributed by atoms with Gasteiger partial charge in [-0.2, -0.15) is 5.26 Å². The first-order chi connectivity index (χ1) is 16.4. The molecular formula is C25H20IN3O5. The second-order valence-electron chi connectivity index (χ2n) is 7.11. The van der Waals surface area contributed by atoms with Crippen LogP contribution < -0.4 is 14.8 Å². The molecule has 1 N–H and O–H groups in total. The molecule has 0 radical (unpaired) electrons. The molecule has 8 nitrogen and oxygen atoms in total. The Balaban J connectivity index is 1.64. The highest BCUT2D eigenvalue weighted by Gasteiger charge is 2.11. The lowest BCUT2D eigenvalue weighted by atomic mass is 10.1. The summed E-state index contributed by atoms with van der Waals surface area (Å²) in [6.07, 6.45) is 1.51. The van der Waals surface area contributed by atoms with E-state index in [9.17, 15) is 20.2 Å². The molecule has 0 saturated heterocycles. The van der Waals surface area contributed by atoms with Crippen molar-refractivity contribution in [1.82, 2.24) is 5.32 Å². The lowest BCUT2D eigenvalue weighted by Gasteiger charge is -2.09. The number of carbonyl (C=O) groups is 1. The fourth-order valence-electron chi connectivity index (χ4n) is 2.98. The van der Waals surface area contributed by atoms with Crippen LogP contribution in [0.1, 0.15) is 16.7 Å². The zero-order valence-electron chi connectivity index (χ0n) is 18.2. The van der Waals surface area contributed by atoms with Gasteiger partial charge in [-0.25, -0.2) is 0 Å². The zero-order valence-corrected chi connectivity index (χ0v) is 20.3. The molecule has 34 heavy (non-hydrogen) atoms. The van der Waals surface area contributed by atoms with Gasteiger partial charge in [0, 0.05) is 18.7 Å². The molecule has 0 unspecified atom stereocenters. The van der Waals surface area contributed by atoms with Crippen molar-refractivity contribution in [2.75, 3.05) is 7.11 Å². The second-order valence-corrected chi connectivity index (χ2v) is 8.27. The minimum absolute atomic E-state index is 0.00517. The number of methoxy groups -OCH3 is 1. The summed E-state index contributed by atoms with van der Waals surface area (Å²) in [4.78, 5) is 22.9. The smallest absolute Gasteiger partial charge is 0.269 e. The van der Waals surface area contributed by atoms with Crippen LogP contribution in [0.5, 0.6) is 11.5 Å². The average Bonchev–Trinajstić information content (AvgIpc) is 2.85. The number of ether oxygens (including phenoxy) is 2. The Hall–Kier alpha value is -3.91. The molecule has 0 saturated carbocycles. The Labute approximate surface area is 210 Å². The summed E-state index contributed by atoms with van der Waals surface area (Å²) >= 11 is 2.10. The molecule has 3 aromatic rings. The molecule has 0 aromatic heterocycles. The van der Waals surface area contributed by atoms with Crippen LogP contribution in [0.4, 0.5) is 5.69 Å². The number of nitriles is 1. The molecule has 0 heterocycles. The normalized spacial score (nSPS) is 10.8. The largest absolute Gasteiger partial charge is 0.497 e. The number of carbonyl (C=O) groups excluding carboxylic acids is 1. The van der Waals surface area contributed by atoms with E-state index in [-0.39, 0.29) is 24.4 Å². The molecule has 0 atom stereocenters. The molecule has 0 aliphatic carbocycles. The maximum absolute atomic E-state index is 12.5. The van der Waals surface area contributed by atoms with E-state index in [2.05, 4.69) is 27.9 Å². The van der Waals surface area contributed by atoms with Crippen LogP contribution in [-0.4, -0.2) is 17.9 Å². The number of nitro groups is 1. The summed E-state index contributed by atoms with van der Waals surface area (Å²) < 4.78 is 11.7. The predicted molar refractivity (Wildman–Crippen MR) is 135 cm³/mol. The van der Waals surface area contributed by atoms with Crippen molar-refractivity contribution in [2.24, 2.45) is 0 Å². The highest BCUT2D eigenvalue weighted by atomic mass is 127. The van der Waals surface area contributed by atoms with E-state index in [4.69, 9.17) is 9.47 Å². The number of non-ortho nitro benzene ring substituents is 1. The standard InChI is InChI=1S/C25H20IN3O5/c1-33-22-8-5-17(6-9-22)15-28-25(30)20(14-27)11-18-7-10-24(23(26)13-18)34-16-19-3-2-4-21(12-19)29(31)32/h2-13H,15-16H2,1H3,(H,28,30)/b20-11-. The molecule has 3 rings (SSSR count). The first kappa shape index (κ1) is 24.7. The zero-order chi connectivity index (χ0) is 24.5. The topological polar surface area (TPSA) is 114 Å². The van der Waals surface area contributed by atoms with Crippen molar-refractivity contribution in [3.63, 3.8) is 0 Å². The van der Waals surface area contributed by atoms with Gasteiger partial charge in [-0.1, -0.05) is 30.3 Å². The van der Waals surface area contributed by atoms with Gasteiger partial charge in [0.25, 0.3) is 11.6 Å². The van der Waals surface area contributed by atoms with Gasteiger partial charge in [-0.15, -0.1) is 0 Å². The number of nitrogens with zero attached hydrogens (tertiary/aromatic N) is 2. The molecule has 172 valence electrons. The lowest BCUT2D eigenvalue weighted by Crippen LogP contribution is -2.23. The van der Waals surface area contributed by atoms with E-state index in [1.165, 1.54) is 18.2 Å². The van der Waals surface area contributed by atoms with Gasteiger partial charge < -0.3 is 14.8 Å². The van der Waals surface area contributed by atoms with Crippen LogP contribution in [0, 0.1) is 25.0 Å². The third-order valence-corrected chi connectivity index (χ3v) is 5.60. The molecule has 0 aliphatic rings. The second kappa shape index (κ2) is 11.8. The van der Waals surface area contributed by atoms with Crippen LogP contribution in [0.3, 0.4) is 0 Å². The summed E-state index contributed by atoms with van der Waals surface area (Å²) in [7, 11) is 1.58. The van der Waals surface area contributed by atoms with Gasteiger partial charge in [0.1, 0.15) is 29.7 Å². The maximum atomic E-state index is 12.5. The summed E-state index contributed by atoms with van der Waals surface area (Å²) in [6, 6.07) is 20.7. The first-order valence-electron chi connectivity index (χ1n) is 10.1. The maximum Gasteiger partial charge on any atom is 0.269 e. The van der Waals surface area contributed by atoms with Gasteiger partial charge >= 0.3 is 0 Å². The first-order valence-corrected chi connectivity index (χ1v) is 11.2. The van der Waals surface area contributed by atoms with Crippen LogP contribution in [0.15, 0.2) is 72.3 Å². The number of hydrogen-bond donors (Lipinski definition) is 1. The molecule has 3 aromatic carbocycles. The monoisotopic (exact) mass is 569 g/mol. The van der Waals surface area contributed by atoms with Crippen molar-refractivity contribution < 1.29 is 19.2 Å². The molecule has 0 fully saturated rings. The molecule has 0 aliphatic heterocycles. The SMILES string of the molecule is COc1ccc(CNC(=O)/C(C#N)=C\c2ccc(OCc3cccc([N+](=O)[O-])c3)c(I)c2)cc1. The summed E-state index contributed by atoms with van der Waals surface area (Å²) in [5.74, 6) is 0.839. The number of nitrogens with one attached hydrogen (secondary N) is 1. The van der Waals surface area contributed by atoms with E-state index in [0.29, 0.717) is 16.9 Å². The Morgan fingerprint density at radius 3 is 2.56 bits per heavy atom. The number of amides is 1. The minimum Gasteiger partial charge on any atom is -0.497 e. The van der Waals surface area contributed by atoms with Gasteiger partial charge in [0.2, 0.25) is 0 Å². The van der Waals surface area contributed by atoms with Crippen LogP contribution in [0.2, 0.25) is 0 Å². The lowest BCUT2D eigenvalue weighted by molar-refractivity contribution is -0.384. The quantitative estimate of drug-likeness (QED) is 0.127. The Bertz CT molecular complexity index is 1270. The van der Waals surface area contributed by atoms with Gasteiger partial charge in [0.05, 0.1) is 15.6 Å². The number of nitro benzene ring substituents is 1. The van der Waals surface area contributed by atoms with Crippen LogP contribution >= 0.6 is 22.6 Å². The predicted octanol–water partition coefficient (Wildman–Crippen LogP) is 5.01. The van der Waals surface area contributed by atoms with Crippen molar-refractivity contribution in [2.45, 2.75) is 13.2 Å². The Kier molecular flexibility index (Phi) is 8.59. The van der Waals surface area contributed by atoms with Crippen molar-refractivity contribution in [1.29, 1.82) is 5.26 Å². The van der Waals surface area contributed by atoms with Gasteiger partial charge in [-0.3, -0.25) is 14.9 Å². The summed E-state index contributed by atoms with van der Waals surface area (Å²) in [5, 5.41) is 23.1. The van der Waals surface area contributed by atoms with E-state index in [1.54, 1.807) is 49.6 Å². The fraction of sp³-hybridized carbons (Fsp3) is 0.120. The number of halogens is 1. The number of benzene rings is 3. The third kappa shape index (κ3) is 6.79. The molecular weight excluding hydrogens is 549 g/mol. The summed E-state index contributed by atoms with van der Waals surface area (Å²) in [5.41, 5.74) is 2.21. The van der Waals surface area contributed by atoms with Crippen LogP contribution in [0.25, 0.3) is 6.08 Å². The number of hydrogen-bond acceptors (Lipinski definition) is 6. The summed E-state index contributed by atoms with van der Waals surface area (Å²) in [6.45, 7) is 0.452. The number of rotatable bonds is 9. The van der Waals surface area contributed by atoms with E-state index < -0.39 is 10.8 Å². The molecule has 1 amide bonds. The van der Waals surface area contributed by atoms with Crippen molar-refractivity contribution >= 4 is 40.3 Å². The minimum atomic E-state index is -0.473. The highest BCUT2D eigenvalue weighted by Crippen LogP contribution is 2.25. The van der Waals surface area contributed by atoms with Crippen LogP contribution in [-0.2, 0) is 17.9 Å². The van der Waals surface area contributed by atoms with Gasteiger partial charge in [0.15, 0.2) is 0 Å². The molecule has 9 heteroatoms. The van der Waals surface area contributed by atoms with Gasteiger partial charge in [-0.05, 0) is 69.6 Å². The Morgan fingerprint density at radius 1 is 1.15 bits per heavy atom. The molecule has 0 spiro atoms. The third-order valence-electron chi connectivity index (χ3n) is 4.76. The van der Waals surface area contributed by atoms with E-state index in [1.807, 2.05) is 18.2 Å².